The zero-order valence-electron chi connectivity index (χ0n) is 22.8. The summed E-state index contributed by atoms with van der Waals surface area (Å²) in [7, 11) is 0. The molecule has 1 rings (SSSR count). The van der Waals surface area contributed by atoms with Crippen LogP contribution in [0.1, 0.15) is 128 Å². The molecule has 0 fully saturated rings. The summed E-state index contributed by atoms with van der Waals surface area (Å²) in [6, 6.07) is 0. The van der Waals surface area contributed by atoms with Crippen molar-refractivity contribution in [3.05, 3.63) is 11.1 Å². The molecule has 0 saturated carbocycles. The molecule has 0 unspecified atom stereocenters. The number of rotatable bonds is 21. The van der Waals surface area contributed by atoms with Crippen molar-refractivity contribution in [1.29, 1.82) is 0 Å². The Balaban J connectivity index is 2.69. The standard InChI is InChI=1S/C29H50O6/c1-5-7-9-11-13-15-17-19-21-33-26-24(4)23(3)25(30)27(35-29(31)32)28(26)34-22-20-18-16-14-12-10-8-6-2/h30H,5-22H2,1-4H3,(H,31,32). The van der Waals surface area contributed by atoms with Gasteiger partial charge < -0.3 is 24.4 Å². The number of benzene rings is 1. The van der Waals surface area contributed by atoms with Crippen molar-refractivity contribution in [1.82, 2.24) is 0 Å². The Morgan fingerprint density at radius 1 is 0.600 bits per heavy atom. The first-order valence-electron chi connectivity index (χ1n) is 14.0. The van der Waals surface area contributed by atoms with Crippen LogP contribution in [0.15, 0.2) is 0 Å². The molecule has 0 bridgehead atoms. The van der Waals surface area contributed by atoms with E-state index in [2.05, 4.69) is 13.8 Å². The molecule has 0 radical (unpaired) electrons. The van der Waals surface area contributed by atoms with Crippen LogP contribution in [-0.2, 0) is 0 Å². The maximum atomic E-state index is 11.3. The second-order valence-electron chi connectivity index (χ2n) is 9.60. The highest BCUT2D eigenvalue weighted by molar-refractivity contribution is 5.71. The largest absolute Gasteiger partial charge is 0.511 e. The van der Waals surface area contributed by atoms with Gasteiger partial charge in [0.05, 0.1) is 13.2 Å². The molecule has 0 saturated heterocycles. The molecule has 0 aliphatic rings. The van der Waals surface area contributed by atoms with Crippen molar-refractivity contribution in [2.75, 3.05) is 13.2 Å². The van der Waals surface area contributed by atoms with E-state index >= 15 is 0 Å². The van der Waals surface area contributed by atoms with Gasteiger partial charge in [-0.2, -0.15) is 0 Å². The Bertz CT molecular complexity index is 716. The van der Waals surface area contributed by atoms with E-state index in [-0.39, 0.29) is 17.2 Å². The fourth-order valence-electron chi connectivity index (χ4n) is 4.21. The number of phenolic OH excluding ortho intramolecular Hbond substituents is 1. The summed E-state index contributed by atoms with van der Waals surface area (Å²) in [6.45, 7) is 8.96. The summed E-state index contributed by atoms with van der Waals surface area (Å²) in [5, 5.41) is 19.8. The second-order valence-corrected chi connectivity index (χ2v) is 9.60. The van der Waals surface area contributed by atoms with E-state index in [0.29, 0.717) is 24.5 Å². The molecule has 0 heterocycles. The summed E-state index contributed by atoms with van der Waals surface area (Å²) < 4.78 is 17.0. The van der Waals surface area contributed by atoms with Crippen LogP contribution in [0, 0.1) is 13.8 Å². The minimum atomic E-state index is -1.49. The fourth-order valence-corrected chi connectivity index (χ4v) is 4.21. The van der Waals surface area contributed by atoms with Crippen molar-refractivity contribution < 1.29 is 29.2 Å². The van der Waals surface area contributed by atoms with Crippen molar-refractivity contribution in [3.63, 3.8) is 0 Å². The van der Waals surface area contributed by atoms with E-state index in [1.165, 1.54) is 70.6 Å². The molecule has 0 spiro atoms. The normalized spacial score (nSPS) is 11.0. The lowest BCUT2D eigenvalue weighted by Gasteiger charge is -2.20. The van der Waals surface area contributed by atoms with Crippen LogP contribution in [0.25, 0.3) is 0 Å². The highest BCUT2D eigenvalue weighted by atomic mass is 16.7. The van der Waals surface area contributed by atoms with Gasteiger partial charge >= 0.3 is 6.16 Å². The van der Waals surface area contributed by atoms with Crippen LogP contribution >= 0.6 is 0 Å². The Kier molecular flexibility index (Phi) is 16.9. The van der Waals surface area contributed by atoms with E-state index in [1.807, 2.05) is 6.92 Å². The first kappa shape index (κ1) is 30.9. The van der Waals surface area contributed by atoms with Gasteiger partial charge in [0.2, 0.25) is 11.5 Å². The molecular formula is C29H50O6. The number of hydrogen-bond donors (Lipinski definition) is 2. The molecule has 2 N–H and O–H groups in total. The number of aromatic hydroxyl groups is 1. The summed E-state index contributed by atoms with van der Waals surface area (Å²) in [4.78, 5) is 11.3. The Morgan fingerprint density at radius 2 is 1.00 bits per heavy atom. The van der Waals surface area contributed by atoms with E-state index in [1.54, 1.807) is 6.92 Å². The zero-order valence-corrected chi connectivity index (χ0v) is 22.8. The molecule has 0 aromatic heterocycles. The van der Waals surface area contributed by atoms with Gasteiger partial charge in [-0.3, -0.25) is 0 Å². The number of hydrogen-bond acceptors (Lipinski definition) is 5. The first-order valence-corrected chi connectivity index (χ1v) is 14.0. The van der Waals surface area contributed by atoms with Gasteiger partial charge in [-0.25, -0.2) is 4.79 Å². The number of carboxylic acid groups (broad SMARTS) is 1. The molecule has 35 heavy (non-hydrogen) atoms. The molecule has 1 aromatic carbocycles. The SMILES string of the molecule is CCCCCCCCCCOc1c(C)c(C)c(O)c(OC(=O)O)c1OCCCCCCCCCC. The summed E-state index contributed by atoms with van der Waals surface area (Å²) in [6.07, 6.45) is 17.5. The molecule has 0 aliphatic heterocycles. The van der Waals surface area contributed by atoms with Gasteiger partial charge in [-0.15, -0.1) is 0 Å². The molecule has 0 aliphatic carbocycles. The average molecular weight is 495 g/mol. The first-order chi connectivity index (χ1) is 16.9. The lowest BCUT2D eigenvalue weighted by atomic mass is 10.1. The van der Waals surface area contributed by atoms with Gasteiger partial charge in [-0.1, -0.05) is 104 Å². The Hall–Kier alpha value is -2.11. The number of carbonyl (C=O) groups is 1. The quantitative estimate of drug-likeness (QED) is 0.101. The van der Waals surface area contributed by atoms with Crippen LogP contribution in [-0.4, -0.2) is 29.6 Å². The average Bonchev–Trinajstić information content (AvgIpc) is 2.84. The molecule has 1 aromatic rings. The van der Waals surface area contributed by atoms with Crippen molar-refractivity contribution in [2.45, 2.75) is 130 Å². The van der Waals surface area contributed by atoms with Gasteiger partial charge in [0, 0.05) is 11.1 Å². The summed E-state index contributed by atoms with van der Waals surface area (Å²) in [5.41, 5.74) is 1.28. The van der Waals surface area contributed by atoms with E-state index in [0.717, 1.165) is 37.7 Å². The monoisotopic (exact) mass is 494 g/mol. The third kappa shape index (κ3) is 12.4. The zero-order chi connectivity index (χ0) is 25.9. The van der Waals surface area contributed by atoms with Gasteiger partial charge in [0.1, 0.15) is 0 Å². The highest BCUT2D eigenvalue weighted by Gasteiger charge is 2.25. The lowest BCUT2D eigenvalue weighted by molar-refractivity contribution is 0.139. The third-order valence-electron chi connectivity index (χ3n) is 6.56. The van der Waals surface area contributed by atoms with Crippen LogP contribution in [0.2, 0.25) is 0 Å². The van der Waals surface area contributed by atoms with Crippen LogP contribution in [0.3, 0.4) is 0 Å². The molecule has 6 nitrogen and oxygen atoms in total. The molecule has 0 amide bonds. The van der Waals surface area contributed by atoms with E-state index in [4.69, 9.17) is 14.2 Å². The smallest absolute Gasteiger partial charge is 0.504 e. The fraction of sp³-hybridized carbons (Fsp3) is 0.759. The predicted molar refractivity (Wildman–Crippen MR) is 142 cm³/mol. The van der Waals surface area contributed by atoms with Crippen LogP contribution in [0.4, 0.5) is 4.79 Å². The minimum absolute atomic E-state index is 0.175. The maximum Gasteiger partial charge on any atom is 0.511 e. The lowest BCUT2D eigenvalue weighted by Crippen LogP contribution is -2.10. The number of phenols is 1. The Morgan fingerprint density at radius 3 is 1.43 bits per heavy atom. The van der Waals surface area contributed by atoms with E-state index in [9.17, 15) is 15.0 Å². The molecule has 0 atom stereocenters. The predicted octanol–water partition coefficient (Wildman–Crippen LogP) is 9.10. The molecule has 6 heteroatoms. The second kappa shape index (κ2) is 19.1. The number of ether oxygens (including phenoxy) is 3. The Labute approximate surface area is 213 Å². The highest BCUT2D eigenvalue weighted by Crippen LogP contribution is 2.49. The van der Waals surface area contributed by atoms with Crippen molar-refractivity contribution in [2.24, 2.45) is 0 Å². The van der Waals surface area contributed by atoms with Gasteiger partial charge in [-0.05, 0) is 26.7 Å². The number of unbranched alkanes of at least 4 members (excludes halogenated alkanes) is 14. The molecule has 202 valence electrons. The third-order valence-corrected chi connectivity index (χ3v) is 6.56. The summed E-state index contributed by atoms with van der Waals surface area (Å²) in [5.74, 6) is 0.274. The summed E-state index contributed by atoms with van der Waals surface area (Å²) >= 11 is 0. The van der Waals surface area contributed by atoms with Gasteiger partial charge in [0.25, 0.3) is 0 Å². The van der Waals surface area contributed by atoms with Crippen LogP contribution < -0.4 is 14.2 Å². The van der Waals surface area contributed by atoms with Crippen molar-refractivity contribution >= 4 is 6.16 Å². The van der Waals surface area contributed by atoms with Crippen molar-refractivity contribution in [3.8, 4) is 23.0 Å². The van der Waals surface area contributed by atoms with Gasteiger partial charge in [0.15, 0.2) is 11.5 Å². The molecular weight excluding hydrogens is 444 g/mol. The maximum absolute atomic E-state index is 11.3. The van der Waals surface area contributed by atoms with Crippen LogP contribution in [0.5, 0.6) is 23.0 Å². The topological polar surface area (TPSA) is 85.2 Å². The minimum Gasteiger partial charge on any atom is -0.504 e. The van der Waals surface area contributed by atoms with E-state index < -0.39 is 6.16 Å².